The Morgan fingerprint density at radius 1 is 0.259 bits per heavy atom. The number of allylic oxidation sites excluding steroid dienone is 16. The monoisotopic (exact) mass is 1130 g/mol. The minimum atomic E-state index is -0.791. The molecule has 0 saturated carbocycles. The predicted molar refractivity (Wildman–Crippen MR) is 353 cm³/mol. The summed E-state index contributed by atoms with van der Waals surface area (Å²) in [5.41, 5.74) is 0. The molecule has 0 aromatic carbocycles. The standard InChI is InChI=1S/C75H130O6/c1-4-7-10-13-16-19-22-25-28-30-32-34-35-36-37-38-39-41-42-44-47-50-53-56-59-62-65-68-74(77)80-71-72(70-79-73(76)67-64-61-58-55-52-49-46-27-24-21-18-15-12-9-6-3)81-75(78)69-66-63-60-57-54-51-48-45-43-40-33-31-29-26-23-20-17-14-11-8-5-2/h9,12,18,21-23,25-27,30-33,35-36,46,72H,4-8,10-11,13-17,19-20,24,28-29,34,37-45,47-71H2,1-3H3/b12-9-,21-18-,25-22-,26-23-,32-30-,33-31-,36-35-,46-27-. The SMILES string of the molecule is CC/C=C\C/C=C\C/C=C\CCCCCCCC(=O)OCC(COC(=O)CCCCCCCCCCCCCC/C=C\C/C=C\C/C=C\CCCCCCC)OC(=O)CCCCCCCCCCC/C=C\C/C=C\CCCCCCC. The van der Waals surface area contributed by atoms with E-state index < -0.39 is 6.10 Å². The van der Waals surface area contributed by atoms with Crippen LogP contribution < -0.4 is 0 Å². The van der Waals surface area contributed by atoms with Gasteiger partial charge in [-0.2, -0.15) is 0 Å². The largest absolute Gasteiger partial charge is 0.462 e. The van der Waals surface area contributed by atoms with E-state index in [0.29, 0.717) is 19.3 Å². The molecule has 0 heterocycles. The van der Waals surface area contributed by atoms with Crippen molar-refractivity contribution in [1.29, 1.82) is 0 Å². The molecule has 0 amide bonds. The molecule has 0 aromatic heterocycles. The molecule has 0 bridgehead atoms. The van der Waals surface area contributed by atoms with E-state index in [1.54, 1.807) is 0 Å². The molecule has 0 radical (unpaired) electrons. The molecule has 81 heavy (non-hydrogen) atoms. The molecule has 0 aromatic rings. The summed E-state index contributed by atoms with van der Waals surface area (Å²) in [5, 5.41) is 0. The Morgan fingerprint density at radius 3 is 0.753 bits per heavy atom. The second-order valence-corrected chi connectivity index (χ2v) is 23.1. The Hall–Kier alpha value is -3.67. The zero-order chi connectivity index (χ0) is 58.5. The van der Waals surface area contributed by atoms with Crippen molar-refractivity contribution in [3.05, 3.63) is 97.2 Å². The van der Waals surface area contributed by atoms with Gasteiger partial charge in [-0.05, 0) is 122 Å². The maximum absolute atomic E-state index is 13.0. The molecular formula is C75H130O6. The highest BCUT2D eigenvalue weighted by Crippen LogP contribution is 2.17. The van der Waals surface area contributed by atoms with Crippen molar-refractivity contribution in [1.82, 2.24) is 0 Å². The van der Waals surface area contributed by atoms with Gasteiger partial charge in [-0.15, -0.1) is 0 Å². The summed E-state index contributed by atoms with van der Waals surface area (Å²) in [6.07, 6.45) is 92.8. The van der Waals surface area contributed by atoms with Crippen LogP contribution in [-0.4, -0.2) is 37.2 Å². The quantitative estimate of drug-likeness (QED) is 0.0261. The van der Waals surface area contributed by atoms with Gasteiger partial charge in [-0.25, -0.2) is 0 Å². The Labute approximate surface area is 502 Å². The fourth-order valence-corrected chi connectivity index (χ4v) is 9.85. The summed E-state index contributed by atoms with van der Waals surface area (Å²) in [6.45, 7) is 6.52. The summed E-state index contributed by atoms with van der Waals surface area (Å²) in [7, 11) is 0. The molecule has 0 spiro atoms. The lowest BCUT2D eigenvalue weighted by molar-refractivity contribution is -0.167. The van der Waals surface area contributed by atoms with E-state index in [4.69, 9.17) is 14.2 Å². The van der Waals surface area contributed by atoms with Crippen LogP contribution in [0.15, 0.2) is 97.2 Å². The van der Waals surface area contributed by atoms with Crippen molar-refractivity contribution in [2.75, 3.05) is 13.2 Å². The number of esters is 3. The van der Waals surface area contributed by atoms with Gasteiger partial charge in [0.2, 0.25) is 0 Å². The lowest BCUT2D eigenvalue weighted by atomic mass is 10.0. The first kappa shape index (κ1) is 77.3. The Balaban J connectivity index is 4.33. The van der Waals surface area contributed by atoms with E-state index in [-0.39, 0.29) is 31.1 Å². The maximum atomic E-state index is 13.0. The Bertz CT molecular complexity index is 1580. The lowest BCUT2D eigenvalue weighted by Crippen LogP contribution is -2.30. The van der Waals surface area contributed by atoms with Crippen LogP contribution in [0, 0.1) is 0 Å². The first-order valence-corrected chi connectivity index (χ1v) is 34.7. The first-order chi connectivity index (χ1) is 40.0. The number of hydrogen-bond donors (Lipinski definition) is 0. The summed E-state index contributed by atoms with van der Waals surface area (Å²) < 4.78 is 17.0. The van der Waals surface area contributed by atoms with Crippen LogP contribution in [0.1, 0.15) is 342 Å². The Kier molecular flexibility index (Phi) is 65.7. The predicted octanol–water partition coefficient (Wildman–Crippen LogP) is 24.0. The van der Waals surface area contributed by atoms with Crippen molar-refractivity contribution < 1.29 is 28.6 Å². The van der Waals surface area contributed by atoms with Crippen LogP contribution in [0.5, 0.6) is 0 Å². The van der Waals surface area contributed by atoms with Crippen molar-refractivity contribution in [3.8, 4) is 0 Å². The number of unbranched alkanes of at least 4 members (excludes halogenated alkanes) is 36. The van der Waals surface area contributed by atoms with Crippen molar-refractivity contribution in [2.24, 2.45) is 0 Å². The molecule has 0 aliphatic carbocycles. The molecule has 6 nitrogen and oxygen atoms in total. The van der Waals surface area contributed by atoms with Gasteiger partial charge in [0.05, 0.1) is 0 Å². The molecule has 0 N–H and O–H groups in total. The van der Waals surface area contributed by atoms with Crippen molar-refractivity contribution in [3.63, 3.8) is 0 Å². The second-order valence-electron chi connectivity index (χ2n) is 23.1. The molecule has 1 atom stereocenters. The minimum Gasteiger partial charge on any atom is -0.462 e. The molecule has 466 valence electrons. The fourth-order valence-electron chi connectivity index (χ4n) is 9.85. The van der Waals surface area contributed by atoms with Gasteiger partial charge in [-0.3, -0.25) is 14.4 Å². The van der Waals surface area contributed by atoms with Gasteiger partial charge in [0.1, 0.15) is 13.2 Å². The zero-order valence-corrected chi connectivity index (χ0v) is 53.5. The highest BCUT2D eigenvalue weighted by atomic mass is 16.6. The fraction of sp³-hybridized carbons (Fsp3) is 0.747. The van der Waals surface area contributed by atoms with Crippen molar-refractivity contribution >= 4 is 17.9 Å². The summed E-state index contributed by atoms with van der Waals surface area (Å²) in [5.74, 6) is -0.895. The highest BCUT2D eigenvalue weighted by molar-refractivity contribution is 5.71. The molecule has 0 fully saturated rings. The number of ether oxygens (including phenoxy) is 3. The number of rotatable bonds is 63. The van der Waals surface area contributed by atoms with E-state index in [1.165, 1.54) is 186 Å². The van der Waals surface area contributed by atoms with Crippen LogP contribution in [-0.2, 0) is 28.6 Å². The third-order valence-electron chi connectivity index (χ3n) is 15.0. The highest BCUT2D eigenvalue weighted by Gasteiger charge is 2.19. The minimum absolute atomic E-state index is 0.0848. The van der Waals surface area contributed by atoms with Gasteiger partial charge in [0.25, 0.3) is 0 Å². The smallest absolute Gasteiger partial charge is 0.306 e. The van der Waals surface area contributed by atoms with E-state index in [2.05, 4.69) is 118 Å². The normalized spacial score (nSPS) is 12.7. The molecule has 0 aliphatic rings. The van der Waals surface area contributed by atoms with Gasteiger partial charge in [0, 0.05) is 19.3 Å². The van der Waals surface area contributed by atoms with Crippen LogP contribution in [0.25, 0.3) is 0 Å². The molecule has 6 heteroatoms. The third-order valence-corrected chi connectivity index (χ3v) is 15.0. The van der Waals surface area contributed by atoms with Crippen LogP contribution in [0.3, 0.4) is 0 Å². The van der Waals surface area contributed by atoms with E-state index in [1.807, 2.05) is 0 Å². The molecular weight excluding hydrogens is 997 g/mol. The molecule has 0 aliphatic heterocycles. The van der Waals surface area contributed by atoms with Crippen molar-refractivity contribution in [2.45, 2.75) is 348 Å². The molecule has 0 saturated heterocycles. The van der Waals surface area contributed by atoms with E-state index >= 15 is 0 Å². The topological polar surface area (TPSA) is 78.9 Å². The third kappa shape index (κ3) is 67.0. The van der Waals surface area contributed by atoms with E-state index in [9.17, 15) is 14.4 Å². The maximum Gasteiger partial charge on any atom is 0.306 e. The summed E-state index contributed by atoms with van der Waals surface area (Å²) in [4.78, 5) is 38.4. The van der Waals surface area contributed by atoms with Gasteiger partial charge < -0.3 is 14.2 Å². The molecule has 0 rings (SSSR count). The first-order valence-electron chi connectivity index (χ1n) is 34.7. The number of carbonyl (C=O) groups excluding carboxylic acids is 3. The Morgan fingerprint density at radius 2 is 0.481 bits per heavy atom. The average molecular weight is 1130 g/mol. The van der Waals surface area contributed by atoms with Crippen LogP contribution >= 0.6 is 0 Å². The lowest BCUT2D eigenvalue weighted by Gasteiger charge is -2.18. The summed E-state index contributed by atoms with van der Waals surface area (Å²) >= 11 is 0. The van der Waals surface area contributed by atoms with Crippen LogP contribution in [0.4, 0.5) is 0 Å². The average Bonchev–Trinajstić information content (AvgIpc) is 3.47. The van der Waals surface area contributed by atoms with Crippen LogP contribution in [0.2, 0.25) is 0 Å². The van der Waals surface area contributed by atoms with Gasteiger partial charge in [0.15, 0.2) is 6.10 Å². The van der Waals surface area contributed by atoms with E-state index in [0.717, 1.165) is 116 Å². The zero-order valence-electron chi connectivity index (χ0n) is 53.5. The number of carbonyl (C=O) groups is 3. The summed E-state index contributed by atoms with van der Waals surface area (Å²) in [6, 6.07) is 0. The molecule has 1 unspecified atom stereocenters. The van der Waals surface area contributed by atoms with Gasteiger partial charge >= 0.3 is 17.9 Å². The second kappa shape index (κ2) is 68.8. The number of hydrogen-bond acceptors (Lipinski definition) is 6. The van der Waals surface area contributed by atoms with Gasteiger partial charge in [-0.1, -0.05) is 298 Å².